The van der Waals surface area contributed by atoms with E-state index < -0.39 is 0 Å². The minimum Gasteiger partial charge on any atom is -0.309 e. The Kier molecular flexibility index (Phi) is 3.39. The van der Waals surface area contributed by atoms with E-state index in [-0.39, 0.29) is 0 Å². The first kappa shape index (κ1) is 11.8. The van der Waals surface area contributed by atoms with Crippen molar-refractivity contribution in [3.8, 4) is 11.3 Å². The molecule has 0 saturated heterocycles. The molecule has 18 heavy (non-hydrogen) atoms. The molecule has 4 heteroatoms. The molecule has 1 N–H and O–H groups in total. The number of benzene rings is 1. The van der Waals surface area contributed by atoms with Crippen molar-refractivity contribution >= 4 is 11.5 Å². The van der Waals surface area contributed by atoms with Crippen molar-refractivity contribution in [3.05, 3.63) is 34.7 Å². The lowest BCUT2D eigenvalue weighted by atomic mass is 10.1. The van der Waals surface area contributed by atoms with Gasteiger partial charge < -0.3 is 5.32 Å². The average molecular weight is 259 g/mol. The molecule has 0 atom stereocenters. The van der Waals surface area contributed by atoms with Crippen LogP contribution in [0.25, 0.3) is 11.3 Å². The minimum absolute atomic E-state index is 0.724. The molecule has 1 saturated carbocycles. The molecule has 0 aliphatic heterocycles. The van der Waals surface area contributed by atoms with Gasteiger partial charge in [-0.25, -0.2) is 0 Å². The monoisotopic (exact) mass is 259 g/mol. The summed E-state index contributed by atoms with van der Waals surface area (Å²) in [6.07, 6.45) is 3.70. The fourth-order valence-electron chi connectivity index (χ4n) is 1.97. The summed E-state index contributed by atoms with van der Waals surface area (Å²) >= 11 is 1.50. The van der Waals surface area contributed by atoms with Gasteiger partial charge in [-0.05, 0) is 36.4 Å². The van der Waals surface area contributed by atoms with Crippen LogP contribution in [-0.2, 0) is 13.0 Å². The molecular formula is C14H17N3S. The van der Waals surface area contributed by atoms with Crippen LogP contribution < -0.4 is 5.32 Å². The number of aromatic nitrogens is 2. The summed E-state index contributed by atoms with van der Waals surface area (Å²) in [6, 6.07) is 9.37. The zero-order chi connectivity index (χ0) is 12.4. The van der Waals surface area contributed by atoms with E-state index in [1.165, 1.54) is 40.4 Å². The third kappa shape index (κ3) is 2.60. The van der Waals surface area contributed by atoms with Gasteiger partial charge in [0.1, 0.15) is 5.69 Å². The second-order valence-corrected chi connectivity index (χ2v) is 5.59. The van der Waals surface area contributed by atoms with Crippen molar-refractivity contribution in [3.63, 3.8) is 0 Å². The third-order valence-electron chi connectivity index (χ3n) is 3.32. The molecule has 0 unspecified atom stereocenters. The fraction of sp³-hybridized carbons (Fsp3) is 0.429. The Bertz CT molecular complexity index is 514. The molecule has 2 aromatic rings. The molecule has 0 radical (unpaired) electrons. The van der Waals surface area contributed by atoms with Crippen molar-refractivity contribution in [1.82, 2.24) is 14.9 Å². The van der Waals surface area contributed by atoms with Crippen LogP contribution in [0.1, 0.15) is 30.2 Å². The summed E-state index contributed by atoms with van der Waals surface area (Å²) in [4.78, 5) is 1.24. The van der Waals surface area contributed by atoms with Crippen molar-refractivity contribution < 1.29 is 0 Å². The van der Waals surface area contributed by atoms with E-state index in [1.54, 1.807) is 0 Å². The first-order valence-electron chi connectivity index (χ1n) is 6.50. The summed E-state index contributed by atoms with van der Waals surface area (Å²) in [7, 11) is 0. The predicted octanol–water partition coefficient (Wildman–Crippen LogP) is 3.02. The lowest BCUT2D eigenvalue weighted by Gasteiger charge is -2.03. The zero-order valence-corrected chi connectivity index (χ0v) is 11.3. The van der Waals surface area contributed by atoms with Gasteiger partial charge in [0.05, 0.1) is 4.88 Å². The molecular weight excluding hydrogens is 242 g/mol. The zero-order valence-electron chi connectivity index (χ0n) is 10.5. The van der Waals surface area contributed by atoms with Gasteiger partial charge >= 0.3 is 0 Å². The Morgan fingerprint density at radius 3 is 2.72 bits per heavy atom. The van der Waals surface area contributed by atoms with Gasteiger partial charge in [-0.1, -0.05) is 35.7 Å². The van der Waals surface area contributed by atoms with Gasteiger partial charge in [0.25, 0.3) is 0 Å². The number of nitrogens with one attached hydrogen (secondary N) is 1. The summed E-state index contributed by atoms with van der Waals surface area (Å²) in [5, 5.41) is 7.79. The molecule has 1 aromatic carbocycles. The number of hydrogen-bond acceptors (Lipinski definition) is 4. The van der Waals surface area contributed by atoms with Gasteiger partial charge in [0.15, 0.2) is 0 Å². The molecule has 1 aliphatic rings. The summed E-state index contributed by atoms with van der Waals surface area (Å²) in [5.41, 5.74) is 3.57. The summed E-state index contributed by atoms with van der Waals surface area (Å²) < 4.78 is 4.09. The van der Waals surface area contributed by atoms with Crippen LogP contribution in [0.4, 0.5) is 0 Å². The van der Waals surface area contributed by atoms with Crippen LogP contribution >= 0.6 is 11.5 Å². The van der Waals surface area contributed by atoms with Crippen LogP contribution in [0.2, 0.25) is 0 Å². The van der Waals surface area contributed by atoms with E-state index in [0.717, 1.165) is 24.7 Å². The fourth-order valence-corrected chi connectivity index (χ4v) is 2.58. The Morgan fingerprint density at radius 2 is 2.06 bits per heavy atom. The van der Waals surface area contributed by atoms with Gasteiger partial charge in [0, 0.05) is 18.2 Å². The first-order valence-corrected chi connectivity index (χ1v) is 7.28. The van der Waals surface area contributed by atoms with Gasteiger partial charge in [0.2, 0.25) is 0 Å². The minimum atomic E-state index is 0.724. The highest BCUT2D eigenvalue weighted by atomic mass is 32.1. The standard InChI is InChI=1S/C14H17N3S/c1-2-10-3-5-11(6-4-10)14-13(18-17-16-14)9-15-12-7-8-12/h3-6,12,15H,2,7-9H2,1H3. The van der Waals surface area contributed by atoms with E-state index in [0.29, 0.717) is 0 Å². The molecule has 0 spiro atoms. The second kappa shape index (κ2) is 5.16. The van der Waals surface area contributed by atoms with Crippen molar-refractivity contribution in [2.45, 2.75) is 38.8 Å². The molecule has 0 amide bonds. The number of aryl methyl sites for hydroxylation is 1. The maximum absolute atomic E-state index is 4.27. The topological polar surface area (TPSA) is 37.8 Å². The summed E-state index contributed by atoms with van der Waals surface area (Å²) in [5.74, 6) is 0. The molecule has 1 heterocycles. The molecule has 3 rings (SSSR count). The highest BCUT2D eigenvalue weighted by Gasteiger charge is 2.21. The summed E-state index contributed by atoms with van der Waals surface area (Å²) in [6.45, 7) is 3.07. The average Bonchev–Trinajstić information content (AvgIpc) is 3.14. The molecule has 1 aliphatic carbocycles. The van der Waals surface area contributed by atoms with Gasteiger partial charge in [-0.3, -0.25) is 0 Å². The van der Waals surface area contributed by atoms with Crippen LogP contribution in [-0.4, -0.2) is 15.6 Å². The second-order valence-electron chi connectivity index (χ2n) is 4.75. The van der Waals surface area contributed by atoms with E-state index in [2.05, 4.69) is 46.1 Å². The number of nitrogens with zero attached hydrogens (tertiary/aromatic N) is 2. The predicted molar refractivity (Wildman–Crippen MR) is 74.6 cm³/mol. The number of hydrogen-bond donors (Lipinski definition) is 1. The highest BCUT2D eigenvalue weighted by Crippen LogP contribution is 2.26. The number of rotatable bonds is 5. The molecule has 3 nitrogen and oxygen atoms in total. The maximum atomic E-state index is 4.27. The maximum Gasteiger partial charge on any atom is 0.110 e. The largest absolute Gasteiger partial charge is 0.309 e. The van der Waals surface area contributed by atoms with E-state index >= 15 is 0 Å². The van der Waals surface area contributed by atoms with Crippen molar-refractivity contribution in [1.29, 1.82) is 0 Å². The van der Waals surface area contributed by atoms with E-state index in [1.807, 2.05) is 0 Å². The smallest absolute Gasteiger partial charge is 0.110 e. The third-order valence-corrected chi connectivity index (χ3v) is 4.04. The highest BCUT2D eigenvalue weighted by molar-refractivity contribution is 7.05. The van der Waals surface area contributed by atoms with Gasteiger partial charge in [-0.2, -0.15) is 0 Å². The lowest BCUT2D eigenvalue weighted by molar-refractivity contribution is 0.695. The molecule has 94 valence electrons. The van der Waals surface area contributed by atoms with Crippen LogP contribution in [0, 0.1) is 0 Å². The SMILES string of the molecule is CCc1ccc(-c2nnsc2CNC2CC2)cc1. The Balaban J connectivity index is 1.78. The molecule has 1 aromatic heterocycles. The Hall–Kier alpha value is -1.26. The van der Waals surface area contributed by atoms with Crippen molar-refractivity contribution in [2.24, 2.45) is 0 Å². The van der Waals surface area contributed by atoms with Crippen molar-refractivity contribution in [2.75, 3.05) is 0 Å². The lowest BCUT2D eigenvalue weighted by Crippen LogP contribution is -2.14. The normalized spacial score (nSPS) is 14.9. The van der Waals surface area contributed by atoms with Crippen LogP contribution in [0.3, 0.4) is 0 Å². The Morgan fingerprint density at radius 1 is 1.28 bits per heavy atom. The van der Waals surface area contributed by atoms with Gasteiger partial charge in [-0.15, -0.1) is 5.10 Å². The van der Waals surface area contributed by atoms with Crippen LogP contribution in [0.5, 0.6) is 0 Å². The van der Waals surface area contributed by atoms with E-state index in [9.17, 15) is 0 Å². The Labute approximate surface area is 111 Å². The first-order chi connectivity index (χ1) is 8.86. The quantitative estimate of drug-likeness (QED) is 0.897. The van der Waals surface area contributed by atoms with E-state index in [4.69, 9.17) is 0 Å². The molecule has 1 fully saturated rings. The molecule has 0 bridgehead atoms. The van der Waals surface area contributed by atoms with Crippen LogP contribution in [0.15, 0.2) is 24.3 Å².